The standard InChI is InChI=1S/C11H18FNO.C2H6/c1-4-11(14)13-6-5-9(8(2)3)10(12)7-13;1-2/h4,8-10H,1,5-7H2,2-3H3;1-2H3. The highest BCUT2D eigenvalue weighted by molar-refractivity contribution is 5.87. The van der Waals surface area contributed by atoms with Crippen molar-refractivity contribution < 1.29 is 9.18 Å². The molecule has 0 aromatic carbocycles. The summed E-state index contributed by atoms with van der Waals surface area (Å²) in [7, 11) is 0. The molecule has 0 aromatic heterocycles. The number of rotatable bonds is 2. The summed E-state index contributed by atoms with van der Waals surface area (Å²) < 4.78 is 13.6. The van der Waals surface area contributed by atoms with Gasteiger partial charge in [-0.05, 0) is 24.3 Å². The average molecular weight is 229 g/mol. The molecule has 3 heteroatoms. The van der Waals surface area contributed by atoms with Crippen LogP contribution in [-0.2, 0) is 4.79 Å². The number of carbonyl (C=O) groups excluding carboxylic acids is 1. The molecule has 0 N–H and O–H groups in total. The monoisotopic (exact) mass is 229 g/mol. The highest BCUT2D eigenvalue weighted by Gasteiger charge is 2.32. The smallest absolute Gasteiger partial charge is 0.246 e. The summed E-state index contributed by atoms with van der Waals surface area (Å²) in [6, 6.07) is 0. The van der Waals surface area contributed by atoms with E-state index in [0.29, 0.717) is 12.5 Å². The number of carbonyl (C=O) groups is 1. The molecule has 2 atom stereocenters. The van der Waals surface area contributed by atoms with E-state index in [2.05, 4.69) is 6.58 Å². The van der Waals surface area contributed by atoms with Gasteiger partial charge in [-0.25, -0.2) is 4.39 Å². The maximum Gasteiger partial charge on any atom is 0.246 e. The number of hydrogen-bond acceptors (Lipinski definition) is 1. The van der Waals surface area contributed by atoms with Crippen LogP contribution < -0.4 is 0 Å². The molecule has 1 rings (SSSR count). The fourth-order valence-electron chi connectivity index (χ4n) is 2.00. The summed E-state index contributed by atoms with van der Waals surface area (Å²) in [5, 5.41) is 0. The quantitative estimate of drug-likeness (QED) is 0.666. The molecule has 0 spiro atoms. The van der Waals surface area contributed by atoms with Crippen LogP contribution in [0.25, 0.3) is 0 Å². The molecule has 2 unspecified atom stereocenters. The van der Waals surface area contributed by atoms with E-state index in [0.717, 1.165) is 6.42 Å². The third-order valence-corrected chi connectivity index (χ3v) is 2.93. The number of alkyl halides is 1. The molecule has 0 aliphatic carbocycles. The summed E-state index contributed by atoms with van der Waals surface area (Å²) in [5.74, 6) is 0.296. The number of hydrogen-bond donors (Lipinski definition) is 0. The van der Waals surface area contributed by atoms with Crippen LogP contribution in [0.15, 0.2) is 12.7 Å². The van der Waals surface area contributed by atoms with Gasteiger partial charge in [-0.3, -0.25) is 4.79 Å². The largest absolute Gasteiger partial charge is 0.336 e. The first-order valence-corrected chi connectivity index (χ1v) is 6.11. The van der Waals surface area contributed by atoms with Gasteiger partial charge >= 0.3 is 0 Å². The number of halogens is 1. The molecule has 0 bridgehead atoms. The first-order chi connectivity index (χ1) is 7.56. The van der Waals surface area contributed by atoms with Gasteiger partial charge in [0.1, 0.15) is 6.17 Å². The van der Waals surface area contributed by atoms with Crippen molar-refractivity contribution >= 4 is 5.91 Å². The van der Waals surface area contributed by atoms with Crippen molar-refractivity contribution in [1.82, 2.24) is 4.90 Å². The minimum atomic E-state index is -0.882. The molecule has 1 aliphatic heterocycles. The molecule has 1 aliphatic rings. The Morgan fingerprint density at radius 3 is 2.44 bits per heavy atom. The van der Waals surface area contributed by atoms with Crippen LogP contribution in [0, 0.1) is 11.8 Å². The topological polar surface area (TPSA) is 20.3 Å². The van der Waals surface area contributed by atoms with E-state index in [1.165, 1.54) is 11.0 Å². The lowest BCUT2D eigenvalue weighted by molar-refractivity contribution is -0.129. The van der Waals surface area contributed by atoms with Crippen molar-refractivity contribution in [3.63, 3.8) is 0 Å². The van der Waals surface area contributed by atoms with Crippen LogP contribution in [0.3, 0.4) is 0 Å². The van der Waals surface area contributed by atoms with Crippen LogP contribution in [0.4, 0.5) is 4.39 Å². The molecule has 1 saturated heterocycles. The molecule has 1 fully saturated rings. The lowest BCUT2D eigenvalue weighted by Gasteiger charge is -2.36. The van der Waals surface area contributed by atoms with Crippen LogP contribution in [0.5, 0.6) is 0 Å². The lowest BCUT2D eigenvalue weighted by atomic mass is 9.85. The Balaban J connectivity index is 0.00000106. The van der Waals surface area contributed by atoms with E-state index in [1.807, 2.05) is 27.7 Å². The minimum absolute atomic E-state index is 0.101. The van der Waals surface area contributed by atoms with Gasteiger partial charge in [0, 0.05) is 6.54 Å². The minimum Gasteiger partial charge on any atom is -0.336 e. The summed E-state index contributed by atoms with van der Waals surface area (Å²) in [6.07, 6.45) is 1.13. The van der Waals surface area contributed by atoms with Crippen LogP contribution in [0.2, 0.25) is 0 Å². The Kier molecular flexibility index (Phi) is 7.02. The second kappa shape index (κ2) is 7.42. The van der Waals surface area contributed by atoms with E-state index < -0.39 is 6.17 Å². The van der Waals surface area contributed by atoms with E-state index in [4.69, 9.17) is 0 Å². The zero-order valence-electron chi connectivity index (χ0n) is 10.9. The fourth-order valence-corrected chi connectivity index (χ4v) is 2.00. The second-order valence-electron chi connectivity index (χ2n) is 4.20. The van der Waals surface area contributed by atoms with Crippen molar-refractivity contribution in [2.75, 3.05) is 13.1 Å². The number of nitrogens with zero attached hydrogens (tertiary/aromatic N) is 1. The third-order valence-electron chi connectivity index (χ3n) is 2.93. The Morgan fingerprint density at radius 2 is 2.06 bits per heavy atom. The normalized spacial score (nSPS) is 24.8. The maximum absolute atomic E-state index is 13.6. The molecule has 0 aromatic rings. The Morgan fingerprint density at radius 1 is 1.50 bits per heavy atom. The molecule has 1 amide bonds. The van der Waals surface area contributed by atoms with Gasteiger partial charge in [-0.2, -0.15) is 0 Å². The molecular formula is C13H24FNO. The first-order valence-electron chi connectivity index (χ1n) is 6.11. The van der Waals surface area contributed by atoms with Crippen molar-refractivity contribution in [2.45, 2.75) is 40.3 Å². The molecular weight excluding hydrogens is 205 g/mol. The zero-order valence-corrected chi connectivity index (χ0v) is 10.9. The summed E-state index contributed by atoms with van der Waals surface area (Å²) >= 11 is 0. The van der Waals surface area contributed by atoms with Gasteiger partial charge in [0.25, 0.3) is 0 Å². The van der Waals surface area contributed by atoms with Crippen LogP contribution >= 0.6 is 0 Å². The molecule has 0 radical (unpaired) electrons. The molecule has 1 heterocycles. The number of piperidine rings is 1. The Hall–Kier alpha value is -0.860. The van der Waals surface area contributed by atoms with Gasteiger partial charge < -0.3 is 4.90 Å². The Bertz CT molecular complexity index is 228. The van der Waals surface area contributed by atoms with Crippen LogP contribution in [0.1, 0.15) is 34.1 Å². The predicted molar refractivity (Wildman–Crippen MR) is 66.0 cm³/mol. The van der Waals surface area contributed by atoms with Crippen molar-refractivity contribution in [3.8, 4) is 0 Å². The van der Waals surface area contributed by atoms with Crippen LogP contribution in [-0.4, -0.2) is 30.1 Å². The van der Waals surface area contributed by atoms with Gasteiger partial charge in [0.2, 0.25) is 5.91 Å². The van der Waals surface area contributed by atoms with Crippen molar-refractivity contribution in [1.29, 1.82) is 0 Å². The molecule has 16 heavy (non-hydrogen) atoms. The van der Waals surface area contributed by atoms with Gasteiger partial charge in [-0.1, -0.05) is 34.3 Å². The van der Waals surface area contributed by atoms with E-state index in [9.17, 15) is 9.18 Å². The summed E-state index contributed by atoms with van der Waals surface area (Å²) in [5.41, 5.74) is 0. The molecule has 0 saturated carbocycles. The third kappa shape index (κ3) is 3.95. The first kappa shape index (κ1) is 15.1. The maximum atomic E-state index is 13.6. The molecule has 2 nitrogen and oxygen atoms in total. The number of amides is 1. The highest BCUT2D eigenvalue weighted by atomic mass is 19.1. The van der Waals surface area contributed by atoms with E-state index in [-0.39, 0.29) is 18.4 Å². The lowest BCUT2D eigenvalue weighted by Crippen LogP contribution is -2.45. The van der Waals surface area contributed by atoms with Crippen molar-refractivity contribution in [3.05, 3.63) is 12.7 Å². The van der Waals surface area contributed by atoms with E-state index >= 15 is 0 Å². The molecule has 94 valence electrons. The number of likely N-dealkylation sites (tertiary alicyclic amines) is 1. The van der Waals surface area contributed by atoms with Gasteiger partial charge in [-0.15, -0.1) is 0 Å². The van der Waals surface area contributed by atoms with Gasteiger partial charge in [0.05, 0.1) is 6.54 Å². The van der Waals surface area contributed by atoms with E-state index in [1.54, 1.807) is 0 Å². The SMILES string of the molecule is C=CC(=O)N1CCC(C(C)C)C(F)C1.CC. The fraction of sp³-hybridized carbons (Fsp3) is 0.769. The van der Waals surface area contributed by atoms with Crippen molar-refractivity contribution in [2.24, 2.45) is 11.8 Å². The average Bonchev–Trinajstić information content (AvgIpc) is 2.30. The highest BCUT2D eigenvalue weighted by Crippen LogP contribution is 2.27. The summed E-state index contributed by atoms with van der Waals surface area (Å²) in [4.78, 5) is 12.8. The zero-order chi connectivity index (χ0) is 12.7. The second-order valence-corrected chi connectivity index (χ2v) is 4.20. The predicted octanol–water partition coefficient (Wildman–Crippen LogP) is 3.04. The Labute approximate surface area is 98.5 Å². The van der Waals surface area contributed by atoms with Gasteiger partial charge in [0.15, 0.2) is 0 Å². The summed E-state index contributed by atoms with van der Waals surface area (Å²) in [6.45, 7) is 12.4.